The van der Waals surface area contributed by atoms with Gasteiger partial charge in [-0.1, -0.05) is 32.0 Å². The molecule has 2 unspecified atom stereocenters. The molecule has 0 heterocycles. The summed E-state index contributed by atoms with van der Waals surface area (Å²) in [6.45, 7) is 15.3. The lowest BCUT2D eigenvalue weighted by molar-refractivity contribution is -0.140. The first kappa shape index (κ1) is 30.7. The van der Waals surface area contributed by atoms with Crippen LogP contribution in [-0.4, -0.2) is 48.1 Å². The van der Waals surface area contributed by atoms with Crippen LogP contribution in [0.4, 0.5) is 10.5 Å². The van der Waals surface area contributed by atoms with Gasteiger partial charge in [0.2, 0.25) is 5.91 Å². The van der Waals surface area contributed by atoms with Gasteiger partial charge in [0.05, 0.1) is 7.11 Å². The van der Waals surface area contributed by atoms with Gasteiger partial charge in [0.15, 0.2) is 0 Å². The summed E-state index contributed by atoms with van der Waals surface area (Å²) < 4.78 is 10.6. The van der Waals surface area contributed by atoms with Crippen molar-refractivity contribution in [3.05, 3.63) is 59.2 Å². The quantitative estimate of drug-likeness (QED) is 0.410. The Morgan fingerprint density at radius 3 is 2.16 bits per heavy atom. The number of hydrogen-bond acceptors (Lipinski definition) is 5. The first-order valence-electron chi connectivity index (χ1n) is 13.1. The van der Waals surface area contributed by atoms with Gasteiger partial charge in [-0.05, 0) is 94.8 Å². The number of ether oxygens (including phenoxy) is 2. The van der Waals surface area contributed by atoms with E-state index in [2.05, 4.69) is 10.6 Å². The first-order valence-corrected chi connectivity index (χ1v) is 13.1. The van der Waals surface area contributed by atoms with E-state index >= 15 is 0 Å². The first-order chi connectivity index (χ1) is 17.8. The zero-order valence-electron chi connectivity index (χ0n) is 24.2. The maximum Gasteiger partial charge on any atom is 0.408 e. The van der Waals surface area contributed by atoms with Crippen LogP contribution in [0.1, 0.15) is 70.7 Å². The molecule has 8 heteroatoms. The third-order valence-electron chi connectivity index (χ3n) is 6.18. The zero-order valence-corrected chi connectivity index (χ0v) is 24.2. The summed E-state index contributed by atoms with van der Waals surface area (Å²) in [5.74, 6) is 0.0940. The molecule has 38 heavy (non-hydrogen) atoms. The van der Waals surface area contributed by atoms with Crippen LogP contribution < -0.4 is 15.4 Å². The van der Waals surface area contributed by atoms with Crippen LogP contribution in [0.3, 0.4) is 0 Å². The van der Waals surface area contributed by atoms with Crippen LogP contribution in [0.25, 0.3) is 0 Å². The monoisotopic (exact) mass is 525 g/mol. The molecule has 0 spiro atoms. The Labute approximate surface area is 227 Å². The number of carbonyl (C=O) groups excluding carboxylic acids is 3. The molecule has 0 fully saturated rings. The second kappa shape index (κ2) is 13.3. The van der Waals surface area contributed by atoms with Crippen molar-refractivity contribution < 1.29 is 23.9 Å². The fourth-order valence-electron chi connectivity index (χ4n) is 4.21. The summed E-state index contributed by atoms with van der Waals surface area (Å²) >= 11 is 0. The topological polar surface area (TPSA) is 97.0 Å². The standard InChI is InChI=1S/C30H43N3O5/c1-10-33(28(35)25(18-19(2)3)32-29(36)38-30(6,7)8)26(24-13-11-12-20(4)21(24)5)27(34)31-22-14-16-23(37-9)17-15-22/h11-17,19,25-26H,10,18H2,1-9H3,(H,31,34)(H,32,36). The van der Waals surface area contributed by atoms with E-state index in [4.69, 9.17) is 9.47 Å². The van der Waals surface area contributed by atoms with Crippen LogP contribution in [-0.2, 0) is 14.3 Å². The molecule has 208 valence electrons. The van der Waals surface area contributed by atoms with E-state index < -0.39 is 23.8 Å². The summed E-state index contributed by atoms with van der Waals surface area (Å²) in [6.07, 6.45) is -0.271. The number of likely N-dealkylation sites (N-methyl/N-ethyl adjacent to an activating group) is 1. The molecule has 8 nitrogen and oxygen atoms in total. The lowest BCUT2D eigenvalue weighted by Gasteiger charge is -2.35. The van der Waals surface area contributed by atoms with E-state index in [1.807, 2.05) is 52.8 Å². The summed E-state index contributed by atoms with van der Waals surface area (Å²) in [6, 6.07) is 11.0. The highest BCUT2D eigenvalue weighted by atomic mass is 16.6. The van der Waals surface area contributed by atoms with Crippen molar-refractivity contribution in [2.24, 2.45) is 5.92 Å². The van der Waals surface area contributed by atoms with Crippen LogP contribution in [0.5, 0.6) is 5.75 Å². The number of alkyl carbamates (subject to hydrolysis) is 1. The van der Waals surface area contributed by atoms with Gasteiger partial charge in [-0.25, -0.2) is 4.79 Å². The molecule has 2 aromatic rings. The largest absolute Gasteiger partial charge is 0.497 e. The van der Waals surface area contributed by atoms with Gasteiger partial charge < -0.3 is 25.0 Å². The SMILES string of the molecule is CCN(C(=O)C(CC(C)C)NC(=O)OC(C)(C)C)C(C(=O)Nc1ccc(OC)cc1)c1cccc(C)c1C. The number of carbonyl (C=O) groups is 3. The van der Waals surface area contributed by atoms with E-state index in [-0.39, 0.29) is 24.3 Å². The average Bonchev–Trinajstić information content (AvgIpc) is 2.82. The fourth-order valence-corrected chi connectivity index (χ4v) is 4.21. The van der Waals surface area contributed by atoms with Gasteiger partial charge in [-0.3, -0.25) is 9.59 Å². The number of methoxy groups -OCH3 is 1. The summed E-state index contributed by atoms with van der Waals surface area (Å²) in [7, 11) is 1.58. The van der Waals surface area contributed by atoms with Gasteiger partial charge in [-0.15, -0.1) is 0 Å². The normalized spacial score (nSPS) is 12.9. The maximum absolute atomic E-state index is 14.0. The molecule has 0 aliphatic heterocycles. The van der Waals surface area contributed by atoms with Crippen molar-refractivity contribution >= 4 is 23.6 Å². The maximum atomic E-state index is 14.0. The molecule has 0 aliphatic carbocycles. The molecule has 0 radical (unpaired) electrons. The predicted octanol–water partition coefficient (Wildman–Crippen LogP) is 5.78. The highest BCUT2D eigenvalue weighted by molar-refractivity contribution is 5.99. The second-order valence-corrected chi connectivity index (χ2v) is 10.9. The van der Waals surface area contributed by atoms with Gasteiger partial charge in [-0.2, -0.15) is 0 Å². The molecule has 0 aromatic heterocycles. The molecule has 2 N–H and O–H groups in total. The number of amides is 3. The number of nitrogens with zero attached hydrogens (tertiary/aromatic N) is 1. The van der Waals surface area contributed by atoms with E-state index in [1.54, 1.807) is 52.1 Å². The predicted molar refractivity (Wildman–Crippen MR) is 150 cm³/mol. The molecule has 2 aromatic carbocycles. The molecule has 0 saturated heterocycles. The number of nitrogens with one attached hydrogen (secondary N) is 2. The van der Waals surface area contributed by atoms with Crippen LogP contribution in [0.15, 0.2) is 42.5 Å². The Morgan fingerprint density at radius 2 is 1.63 bits per heavy atom. The number of benzene rings is 2. The smallest absolute Gasteiger partial charge is 0.408 e. The minimum absolute atomic E-state index is 0.116. The molecule has 0 aliphatic rings. The molecule has 3 amide bonds. The van der Waals surface area contributed by atoms with Crippen molar-refractivity contribution in [1.82, 2.24) is 10.2 Å². The summed E-state index contributed by atoms with van der Waals surface area (Å²) in [4.78, 5) is 42.0. The molecular formula is C30H43N3O5. The molecule has 2 atom stereocenters. The Bertz CT molecular complexity index is 1110. The van der Waals surface area contributed by atoms with Crippen molar-refractivity contribution in [2.45, 2.75) is 79.5 Å². The Morgan fingerprint density at radius 1 is 1.00 bits per heavy atom. The number of aryl methyl sites for hydroxylation is 1. The number of anilines is 1. The van der Waals surface area contributed by atoms with Gasteiger partial charge in [0.25, 0.3) is 5.91 Å². The van der Waals surface area contributed by atoms with E-state index in [0.717, 1.165) is 16.7 Å². The zero-order chi connectivity index (χ0) is 28.6. The molecule has 0 saturated carbocycles. The molecule has 2 rings (SSSR count). The Kier molecular flexibility index (Phi) is 10.7. The van der Waals surface area contributed by atoms with Crippen molar-refractivity contribution in [1.29, 1.82) is 0 Å². The second-order valence-electron chi connectivity index (χ2n) is 10.9. The van der Waals surface area contributed by atoms with Crippen LogP contribution in [0.2, 0.25) is 0 Å². The van der Waals surface area contributed by atoms with Crippen molar-refractivity contribution in [3.63, 3.8) is 0 Å². The Balaban J connectivity index is 2.49. The van der Waals surface area contributed by atoms with Crippen LogP contribution in [0, 0.1) is 19.8 Å². The van der Waals surface area contributed by atoms with Gasteiger partial charge in [0, 0.05) is 12.2 Å². The van der Waals surface area contributed by atoms with Crippen molar-refractivity contribution in [3.8, 4) is 5.75 Å². The average molecular weight is 526 g/mol. The van der Waals surface area contributed by atoms with Crippen molar-refractivity contribution in [2.75, 3.05) is 19.0 Å². The van der Waals surface area contributed by atoms with E-state index in [0.29, 0.717) is 17.9 Å². The van der Waals surface area contributed by atoms with Gasteiger partial charge in [0.1, 0.15) is 23.4 Å². The van der Waals surface area contributed by atoms with Crippen LogP contribution >= 0.6 is 0 Å². The number of rotatable bonds is 10. The van der Waals surface area contributed by atoms with E-state index in [9.17, 15) is 14.4 Å². The molecular weight excluding hydrogens is 482 g/mol. The third kappa shape index (κ3) is 8.50. The molecule has 0 bridgehead atoms. The lowest BCUT2D eigenvalue weighted by atomic mass is 9.94. The van der Waals surface area contributed by atoms with Gasteiger partial charge >= 0.3 is 6.09 Å². The minimum Gasteiger partial charge on any atom is -0.497 e. The lowest BCUT2D eigenvalue weighted by Crippen LogP contribution is -2.52. The highest BCUT2D eigenvalue weighted by Crippen LogP contribution is 2.29. The summed E-state index contributed by atoms with van der Waals surface area (Å²) in [5.41, 5.74) is 2.54. The fraction of sp³-hybridized carbons (Fsp3) is 0.500. The Hall–Kier alpha value is -3.55. The minimum atomic E-state index is -0.912. The van der Waals surface area contributed by atoms with E-state index in [1.165, 1.54) is 4.90 Å². The highest BCUT2D eigenvalue weighted by Gasteiger charge is 2.36. The third-order valence-corrected chi connectivity index (χ3v) is 6.18. The number of hydrogen-bond donors (Lipinski definition) is 2. The summed E-state index contributed by atoms with van der Waals surface area (Å²) in [5, 5.41) is 5.71.